The number of methoxy groups -OCH3 is 3. The standard InChI is InChI=1S/C26H28N4O5/c1-33-22-15-20(16-23(34-2)24(22)35-3)29-26(32)30-21(25(31)28-12-6-11-27)14-17-9-10-18-7-4-5-8-19(18)13-17/h4-5,7-10,13,15-16,21H,6,12,14H2,1-3H3,(H,28,31)(H2,29,30,32). The van der Waals surface area contributed by atoms with Crippen molar-refractivity contribution in [3.8, 4) is 23.3 Å². The third-order valence-corrected chi connectivity index (χ3v) is 5.33. The van der Waals surface area contributed by atoms with Crippen molar-refractivity contribution in [3.05, 3.63) is 60.2 Å². The molecular weight excluding hydrogens is 448 g/mol. The Morgan fingerprint density at radius 2 is 1.63 bits per heavy atom. The largest absolute Gasteiger partial charge is 0.493 e. The van der Waals surface area contributed by atoms with Crippen LogP contribution < -0.4 is 30.2 Å². The predicted molar refractivity (Wildman–Crippen MR) is 133 cm³/mol. The van der Waals surface area contributed by atoms with Gasteiger partial charge in [0.15, 0.2) is 11.5 Å². The van der Waals surface area contributed by atoms with Gasteiger partial charge in [-0.1, -0.05) is 42.5 Å². The van der Waals surface area contributed by atoms with Gasteiger partial charge in [0.1, 0.15) is 6.04 Å². The number of rotatable bonds is 10. The van der Waals surface area contributed by atoms with E-state index in [1.54, 1.807) is 12.1 Å². The van der Waals surface area contributed by atoms with E-state index in [1.165, 1.54) is 21.3 Å². The van der Waals surface area contributed by atoms with E-state index in [2.05, 4.69) is 16.0 Å². The van der Waals surface area contributed by atoms with E-state index in [4.69, 9.17) is 19.5 Å². The Balaban J connectivity index is 1.79. The number of nitrogens with one attached hydrogen (secondary N) is 3. The number of ether oxygens (including phenoxy) is 3. The zero-order valence-electron chi connectivity index (χ0n) is 19.9. The highest BCUT2D eigenvalue weighted by atomic mass is 16.5. The summed E-state index contributed by atoms with van der Waals surface area (Å²) in [5.41, 5.74) is 1.28. The number of carbonyl (C=O) groups excluding carboxylic acids is 2. The first kappa shape index (κ1) is 25.2. The molecule has 1 atom stereocenters. The highest BCUT2D eigenvalue weighted by Gasteiger charge is 2.22. The minimum atomic E-state index is -0.864. The molecule has 0 saturated heterocycles. The van der Waals surface area contributed by atoms with E-state index in [0.717, 1.165) is 16.3 Å². The molecule has 0 fully saturated rings. The summed E-state index contributed by atoms with van der Waals surface area (Å²) >= 11 is 0. The van der Waals surface area contributed by atoms with Gasteiger partial charge in [-0.05, 0) is 16.3 Å². The Kier molecular flexibility index (Phi) is 8.73. The fourth-order valence-electron chi connectivity index (χ4n) is 3.65. The molecule has 0 radical (unpaired) electrons. The number of carbonyl (C=O) groups is 2. The predicted octanol–water partition coefficient (Wildman–Crippen LogP) is 3.63. The van der Waals surface area contributed by atoms with Crippen LogP contribution in [0, 0.1) is 11.3 Å². The van der Waals surface area contributed by atoms with Crippen molar-refractivity contribution in [2.45, 2.75) is 18.9 Å². The van der Waals surface area contributed by atoms with Crippen LogP contribution in [-0.2, 0) is 11.2 Å². The van der Waals surface area contributed by atoms with Crippen LogP contribution in [-0.4, -0.2) is 45.9 Å². The first-order valence-electron chi connectivity index (χ1n) is 11.0. The van der Waals surface area contributed by atoms with Crippen LogP contribution in [0.15, 0.2) is 54.6 Å². The number of anilines is 1. The third-order valence-electron chi connectivity index (χ3n) is 5.33. The SMILES string of the molecule is COc1cc(NC(=O)NC(Cc2ccc3ccccc3c2)C(=O)NCCC#N)cc(OC)c1OC. The van der Waals surface area contributed by atoms with Gasteiger partial charge < -0.3 is 30.2 Å². The fourth-order valence-corrected chi connectivity index (χ4v) is 3.65. The smallest absolute Gasteiger partial charge is 0.319 e. The molecule has 0 aromatic heterocycles. The van der Waals surface area contributed by atoms with Gasteiger partial charge in [0.2, 0.25) is 11.7 Å². The Hall–Kier alpha value is -4.45. The lowest BCUT2D eigenvalue weighted by atomic mass is 10.0. The molecule has 182 valence electrons. The number of nitriles is 1. The quantitative estimate of drug-likeness (QED) is 0.384. The van der Waals surface area contributed by atoms with E-state index in [1.807, 2.05) is 48.5 Å². The second-order valence-electron chi connectivity index (χ2n) is 7.65. The molecule has 1 unspecified atom stereocenters. The summed E-state index contributed by atoms with van der Waals surface area (Å²) in [4.78, 5) is 25.7. The van der Waals surface area contributed by atoms with Gasteiger partial charge in [-0.25, -0.2) is 4.79 Å². The van der Waals surface area contributed by atoms with Crippen LogP contribution >= 0.6 is 0 Å². The molecule has 0 aliphatic rings. The van der Waals surface area contributed by atoms with Crippen LogP contribution in [0.2, 0.25) is 0 Å². The minimum Gasteiger partial charge on any atom is -0.493 e. The fraction of sp³-hybridized carbons (Fsp3) is 0.269. The Morgan fingerprint density at radius 3 is 2.26 bits per heavy atom. The summed E-state index contributed by atoms with van der Waals surface area (Å²) in [6, 6.07) is 17.5. The van der Waals surface area contributed by atoms with Gasteiger partial charge in [0.05, 0.1) is 39.5 Å². The molecule has 3 N–H and O–H groups in total. The van der Waals surface area contributed by atoms with Crippen molar-refractivity contribution in [3.63, 3.8) is 0 Å². The number of nitrogens with zero attached hydrogens (tertiary/aromatic N) is 1. The monoisotopic (exact) mass is 476 g/mol. The maximum absolute atomic E-state index is 12.8. The van der Waals surface area contributed by atoms with Gasteiger partial charge in [0.25, 0.3) is 0 Å². The van der Waals surface area contributed by atoms with Crippen molar-refractivity contribution in [1.29, 1.82) is 5.26 Å². The molecule has 3 aromatic rings. The van der Waals surface area contributed by atoms with Crippen molar-refractivity contribution < 1.29 is 23.8 Å². The first-order valence-corrected chi connectivity index (χ1v) is 11.0. The second-order valence-corrected chi connectivity index (χ2v) is 7.65. The van der Waals surface area contributed by atoms with Crippen LogP contribution in [0.3, 0.4) is 0 Å². The lowest BCUT2D eigenvalue weighted by Crippen LogP contribution is -2.49. The second kappa shape index (κ2) is 12.1. The van der Waals surface area contributed by atoms with Crippen molar-refractivity contribution in [1.82, 2.24) is 10.6 Å². The van der Waals surface area contributed by atoms with Gasteiger partial charge in [0, 0.05) is 25.1 Å². The average Bonchev–Trinajstić information content (AvgIpc) is 2.87. The zero-order chi connectivity index (χ0) is 25.2. The molecular formula is C26H28N4O5. The van der Waals surface area contributed by atoms with Crippen LogP contribution in [0.4, 0.5) is 10.5 Å². The lowest BCUT2D eigenvalue weighted by molar-refractivity contribution is -0.122. The molecule has 0 heterocycles. The molecule has 3 rings (SSSR count). The van der Waals surface area contributed by atoms with Crippen molar-refractivity contribution in [2.24, 2.45) is 0 Å². The van der Waals surface area contributed by atoms with Crippen molar-refractivity contribution in [2.75, 3.05) is 33.2 Å². The summed E-state index contributed by atoms with van der Waals surface area (Å²) in [5.74, 6) is 0.772. The molecule has 0 spiro atoms. The summed E-state index contributed by atoms with van der Waals surface area (Å²) in [5, 5.41) is 19.0. The zero-order valence-corrected chi connectivity index (χ0v) is 19.9. The van der Waals surface area contributed by atoms with Crippen LogP contribution in [0.25, 0.3) is 10.8 Å². The molecule has 9 heteroatoms. The van der Waals surface area contributed by atoms with Crippen LogP contribution in [0.1, 0.15) is 12.0 Å². The maximum atomic E-state index is 12.8. The molecule has 3 amide bonds. The highest BCUT2D eigenvalue weighted by Crippen LogP contribution is 2.39. The number of urea groups is 1. The van der Waals surface area contributed by atoms with Gasteiger partial charge in [-0.15, -0.1) is 0 Å². The van der Waals surface area contributed by atoms with E-state index in [0.29, 0.717) is 22.9 Å². The first-order chi connectivity index (χ1) is 17.0. The van der Waals surface area contributed by atoms with Crippen molar-refractivity contribution >= 4 is 28.4 Å². The summed E-state index contributed by atoms with van der Waals surface area (Å²) in [6.45, 7) is 0.194. The molecule has 0 aliphatic heterocycles. The van der Waals surface area contributed by atoms with Gasteiger partial charge >= 0.3 is 6.03 Å². The Morgan fingerprint density at radius 1 is 0.943 bits per heavy atom. The number of amides is 3. The Labute approximate surface area is 204 Å². The number of hydrogen-bond acceptors (Lipinski definition) is 6. The van der Waals surface area contributed by atoms with Gasteiger partial charge in [-0.2, -0.15) is 5.26 Å². The number of benzene rings is 3. The molecule has 9 nitrogen and oxygen atoms in total. The molecule has 0 saturated carbocycles. The molecule has 0 bridgehead atoms. The number of hydrogen-bond donors (Lipinski definition) is 3. The summed E-state index contributed by atoms with van der Waals surface area (Å²) < 4.78 is 15.9. The Bertz CT molecular complexity index is 1210. The van der Waals surface area contributed by atoms with E-state index >= 15 is 0 Å². The minimum absolute atomic E-state index is 0.173. The number of fused-ring (bicyclic) bond motifs is 1. The molecule has 0 aliphatic carbocycles. The third kappa shape index (κ3) is 6.54. The van der Waals surface area contributed by atoms with E-state index in [-0.39, 0.29) is 25.3 Å². The highest BCUT2D eigenvalue weighted by molar-refractivity contribution is 5.94. The summed E-state index contributed by atoms with van der Waals surface area (Å²) in [6.07, 6.45) is 0.442. The molecule has 3 aromatic carbocycles. The maximum Gasteiger partial charge on any atom is 0.319 e. The summed E-state index contributed by atoms with van der Waals surface area (Å²) in [7, 11) is 4.45. The van der Waals surface area contributed by atoms with Crippen LogP contribution in [0.5, 0.6) is 17.2 Å². The van der Waals surface area contributed by atoms with Gasteiger partial charge in [-0.3, -0.25) is 4.79 Å². The van der Waals surface area contributed by atoms with E-state index in [9.17, 15) is 9.59 Å². The normalized spacial score (nSPS) is 11.1. The van der Waals surface area contributed by atoms with E-state index < -0.39 is 12.1 Å². The molecule has 35 heavy (non-hydrogen) atoms. The topological polar surface area (TPSA) is 122 Å². The average molecular weight is 477 g/mol. The lowest BCUT2D eigenvalue weighted by Gasteiger charge is -2.20.